The van der Waals surface area contributed by atoms with Crippen molar-refractivity contribution < 1.29 is 14.1 Å². The van der Waals surface area contributed by atoms with Gasteiger partial charge >= 0.3 is 5.69 Å². The summed E-state index contributed by atoms with van der Waals surface area (Å²) in [6, 6.07) is 23.0. The van der Waals surface area contributed by atoms with E-state index in [4.69, 9.17) is 44.0 Å². The summed E-state index contributed by atoms with van der Waals surface area (Å²) >= 11 is 18.3. The van der Waals surface area contributed by atoms with Gasteiger partial charge in [-0.25, -0.2) is 4.98 Å². The molecule has 2 aromatic heterocycles. The van der Waals surface area contributed by atoms with Gasteiger partial charge in [0.25, 0.3) is 5.56 Å². The maximum absolute atomic E-state index is 13.6. The molecule has 0 unspecified atom stereocenters. The third-order valence-corrected chi connectivity index (χ3v) is 7.33. The Kier molecular flexibility index (Phi) is 7.38. The lowest BCUT2D eigenvalue weighted by atomic mass is 10.2. The molecular weight excluding hydrogens is 603 g/mol. The molecular formula is C30H17Cl3N4O5. The maximum atomic E-state index is 13.6. The summed E-state index contributed by atoms with van der Waals surface area (Å²) < 4.78 is 13.0. The van der Waals surface area contributed by atoms with Crippen molar-refractivity contribution in [3.63, 3.8) is 0 Å². The third-order valence-electron chi connectivity index (χ3n) is 6.35. The van der Waals surface area contributed by atoms with Crippen molar-refractivity contribution in [2.24, 2.45) is 5.10 Å². The molecule has 4 aromatic carbocycles. The lowest BCUT2D eigenvalue weighted by Gasteiger charge is -2.11. The van der Waals surface area contributed by atoms with Crippen molar-refractivity contribution in [1.82, 2.24) is 9.66 Å². The first-order chi connectivity index (χ1) is 20.3. The first kappa shape index (κ1) is 27.5. The summed E-state index contributed by atoms with van der Waals surface area (Å²) in [7, 11) is 0. The number of fused-ring (bicyclic) bond motifs is 2. The van der Waals surface area contributed by atoms with E-state index in [2.05, 4.69) is 10.1 Å². The molecule has 2 heterocycles. The zero-order valence-corrected chi connectivity index (χ0v) is 23.6. The van der Waals surface area contributed by atoms with E-state index in [0.29, 0.717) is 42.5 Å². The van der Waals surface area contributed by atoms with Gasteiger partial charge in [0.05, 0.1) is 32.1 Å². The number of para-hydroxylation sites is 2. The Morgan fingerprint density at radius 3 is 2.62 bits per heavy atom. The summed E-state index contributed by atoms with van der Waals surface area (Å²) in [4.78, 5) is 29.6. The summed E-state index contributed by atoms with van der Waals surface area (Å²) in [6.45, 7) is -0.0349. The Hall–Kier alpha value is -4.70. The van der Waals surface area contributed by atoms with Crippen LogP contribution in [0.25, 0.3) is 33.5 Å². The molecule has 0 aliphatic rings. The van der Waals surface area contributed by atoms with Crippen molar-refractivity contribution >= 4 is 68.6 Å². The Balaban J connectivity index is 1.46. The second kappa shape index (κ2) is 11.3. The molecule has 0 amide bonds. The third kappa shape index (κ3) is 5.33. The van der Waals surface area contributed by atoms with Crippen molar-refractivity contribution in [2.45, 2.75) is 6.61 Å². The topological polar surface area (TPSA) is 113 Å². The van der Waals surface area contributed by atoms with Crippen LogP contribution < -0.4 is 10.3 Å². The number of halogens is 3. The lowest BCUT2D eigenvalue weighted by Crippen LogP contribution is -2.20. The predicted octanol–water partition coefficient (Wildman–Crippen LogP) is 8.14. The maximum Gasteiger partial charge on any atom is 0.311 e. The number of benzene rings is 4. The van der Waals surface area contributed by atoms with Crippen LogP contribution in [0.15, 0.2) is 99.2 Å². The highest BCUT2D eigenvalue weighted by Crippen LogP contribution is 2.32. The molecule has 0 fully saturated rings. The van der Waals surface area contributed by atoms with Crippen LogP contribution in [0, 0.1) is 10.1 Å². The standard InChI is InChI=1S/C30H17Cl3N4O5/c31-20-9-11-26-19(13-20)14-27(42-26)29-35-24-6-2-1-5-21(24)30(38)36(29)34-15-18-4-3-7-25(37(39)40)28(18)41-16-17-8-10-22(32)23(33)12-17/h1-15H,16H2. The summed E-state index contributed by atoms with van der Waals surface area (Å²) in [5.74, 6) is 0.368. The van der Waals surface area contributed by atoms with Crippen molar-refractivity contribution in [3.05, 3.63) is 132 Å². The molecule has 0 spiro atoms. The highest BCUT2D eigenvalue weighted by Gasteiger charge is 2.20. The lowest BCUT2D eigenvalue weighted by molar-refractivity contribution is -0.385. The van der Waals surface area contributed by atoms with Crippen molar-refractivity contribution in [1.29, 1.82) is 0 Å². The Morgan fingerprint density at radius 2 is 1.81 bits per heavy atom. The van der Waals surface area contributed by atoms with Gasteiger partial charge in [-0.05, 0) is 60.2 Å². The van der Waals surface area contributed by atoms with Gasteiger partial charge in [0.1, 0.15) is 12.2 Å². The van der Waals surface area contributed by atoms with Crippen LogP contribution >= 0.6 is 34.8 Å². The first-order valence-electron chi connectivity index (χ1n) is 12.4. The number of nitro groups is 1. The molecule has 9 nitrogen and oxygen atoms in total. The zero-order valence-electron chi connectivity index (χ0n) is 21.3. The fraction of sp³-hybridized carbons (Fsp3) is 0.0333. The van der Waals surface area contributed by atoms with Crippen LogP contribution in [-0.2, 0) is 6.61 Å². The summed E-state index contributed by atoms with van der Waals surface area (Å²) in [6.07, 6.45) is 1.30. The smallest absolute Gasteiger partial charge is 0.311 e. The highest BCUT2D eigenvalue weighted by molar-refractivity contribution is 6.42. The van der Waals surface area contributed by atoms with Crippen LogP contribution in [0.2, 0.25) is 15.1 Å². The van der Waals surface area contributed by atoms with E-state index in [1.54, 1.807) is 72.8 Å². The van der Waals surface area contributed by atoms with Crippen LogP contribution in [0.1, 0.15) is 11.1 Å². The van der Waals surface area contributed by atoms with Gasteiger partial charge < -0.3 is 9.15 Å². The quantitative estimate of drug-likeness (QED) is 0.101. The Labute approximate surface area is 252 Å². The largest absolute Gasteiger partial charge is 0.481 e. The number of hydrogen-bond acceptors (Lipinski definition) is 7. The van der Waals surface area contributed by atoms with Gasteiger partial charge in [-0.1, -0.05) is 59.1 Å². The fourth-order valence-electron chi connectivity index (χ4n) is 4.36. The minimum atomic E-state index is -0.559. The average molecular weight is 620 g/mol. The molecule has 6 rings (SSSR count). The normalized spacial score (nSPS) is 11.5. The molecule has 0 radical (unpaired) electrons. The minimum Gasteiger partial charge on any atom is -0.481 e. The van der Waals surface area contributed by atoms with Crippen LogP contribution in [0.5, 0.6) is 5.75 Å². The number of nitrogens with zero attached hydrogens (tertiary/aromatic N) is 4. The second-order valence-corrected chi connectivity index (χ2v) is 10.3. The molecule has 0 saturated carbocycles. The predicted molar refractivity (Wildman–Crippen MR) is 163 cm³/mol. The van der Waals surface area contributed by atoms with Crippen LogP contribution in [0.4, 0.5) is 5.69 Å². The molecule has 12 heteroatoms. The molecule has 0 aliphatic carbocycles. The van der Waals surface area contributed by atoms with Crippen molar-refractivity contribution in [3.8, 4) is 17.3 Å². The number of rotatable bonds is 7. The number of hydrogen-bond donors (Lipinski definition) is 0. The van der Waals surface area contributed by atoms with E-state index in [-0.39, 0.29) is 35.2 Å². The van der Waals surface area contributed by atoms with Crippen LogP contribution in [0.3, 0.4) is 0 Å². The second-order valence-electron chi connectivity index (χ2n) is 9.10. The molecule has 0 bridgehead atoms. The molecule has 0 atom stereocenters. The number of furan rings is 1. The van der Waals surface area contributed by atoms with Crippen molar-refractivity contribution in [2.75, 3.05) is 0 Å². The number of nitro benzene ring substituents is 1. The van der Waals surface area contributed by atoms with Gasteiger partial charge in [0.15, 0.2) is 5.76 Å². The van der Waals surface area contributed by atoms with E-state index < -0.39 is 10.5 Å². The SMILES string of the molecule is O=c1c2ccccc2nc(-c2cc3cc(Cl)ccc3o2)n1N=Cc1cccc([N+](=O)[O-])c1OCc1ccc(Cl)c(Cl)c1. The molecule has 208 valence electrons. The van der Waals surface area contributed by atoms with E-state index in [0.717, 1.165) is 4.68 Å². The molecule has 42 heavy (non-hydrogen) atoms. The first-order valence-corrected chi connectivity index (χ1v) is 13.5. The fourth-order valence-corrected chi connectivity index (χ4v) is 4.87. The number of ether oxygens (including phenoxy) is 1. The summed E-state index contributed by atoms with van der Waals surface area (Å²) in [5.41, 5.74) is 1.15. The minimum absolute atomic E-state index is 0.0349. The number of aromatic nitrogens is 2. The van der Waals surface area contributed by atoms with Gasteiger partial charge in [0.2, 0.25) is 11.6 Å². The molecule has 0 saturated heterocycles. The zero-order chi connectivity index (χ0) is 29.4. The average Bonchev–Trinajstić information content (AvgIpc) is 3.40. The molecule has 0 aliphatic heterocycles. The summed E-state index contributed by atoms with van der Waals surface area (Å²) in [5, 5.41) is 18.5. The van der Waals surface area contributed by atoms with Crippen LogP contribution in [-0.4, -0.2) is 20.8 Å². The monoisotopic (exact) mass is 618 g/mol. The molecule has 0 N–H and O–H groups in total. The molecule has 6 aromatic rings. The van der Waals surface area contributed by atoms with Gasteiger partial charge in [0, 0.05) is 22.0 Å². The van der Waals surface area contributed by atoms with Gasteiger partial charge in [-0.15, -0.1) is 0 Å². The van der Waals surface area contributed by atoms with E-state index in [1.807, 2.05) is 0 Å². The Morgan fingerprint density at radius 1 is 0.976 bits per heavy atom. The Bertz CT molecular complexity index is 2110. The highest BCUT2D eigenvalue weighted by atomic mass is 35.5. The van der Waals surface area contributed by atoms with E-state index in [9.17, 15) is 14.9 Å². The van der Waals surface area contributed by atoms with Gasteiger partial charge in [-0.2, -0.15) is 9.78 Å². The van der Waals surface area contributed by atoms with Gasteiger partial charge in [-0.3, -0.25) is 14.9 Å². The van der Waals surface area contributed by atoms with E-state index >= 15 is 0 Å². The van der Waals surface area contributed by atoms with E-state index in [1.165, 1.54) is 18.3 Å².